The number of hydrogen-bond acceptors (Lipinski definition) is 6. The normalized spacial score (nSPS) is 12.7. The Morgan fingerprint density at radius 2 is 0.591 bits per heavy atom. The molecule has 0 aliphatic heterocycles. The van der Waals surface area contributed by atoms with E-state index in [0.717, 1.165) is 89.9 Å². The first-order chi connectivity index (χ1) is 32.5. The first-order valence-corrected chi connectivity index (χ1v) is 27.6. The number of esters is 3. The first kappa shape index (κ1) is 62.6. The van der Waals surface area contributed by atoms with E-state index in [1.54, 1.807) is 0 Å². The number of carbonyl (C=O) groups is 3. The van der Waals surface area contributed by atoms with E-state index in [2.05, 4.69) is 106 Å². The number of rotatable bonds is 49. The molecule has 0 fully saturated rings. The topological polar surface area (TPSA) is 78.9 Å². The van der Waals surface area contributed by atoms with Crippen molar-refractivity contribution in [2.45, 2.75) is 264 Å². The summed E-state index contributed by atoms with van der Waals surface area (Å²) in [5.41, 5.74) is 0. The van der Waals surface area contributed by atoms with Crippen LogP contribution < -0.4 is 0 Å². The summed E-state index contributed by atoms with van der Waals surface area (Å²) in [6, 6.07) is 0. The summed E-state index contributed by atoms with van der Waals surface area (Å²) in [7, 11) is 0. The van der Waals surface area contributed by atoms with Gasteiger partial charge in [0.25, 0.3) is 0 Å². The van der Waals surface area contributed by atoms with Crippen LogP contribution in [0.3, 0.4) is 0 Å². The molecule has 0 saturated carbocycles. The van der Waals surface area contributed by atoms with Crippen molar-refractivity contribution >= 4 is 17.9 Å². The summed E-state index contributed by atoms with van der Waals surface area (Å²) in [5.74, 6) is -0.981. The Bertz CT molecular complexity index is 1290. The Kier molecular flexibility index (Phi) is 51.4. The summed E-state index contributed by atoms with van der Waals surface area (Å²) < 4.78 is 16.8. The quantitative estimate of drug-likeness (QED) is 0.0262. The van der Waals surface area contributed by atoms with Crippen LogP contribution in [0.1, 0.15) is 258 Å². The van der Waals surface area contributed by atoms with E-state index >= 15 is 0 Å². The maximum absolute atomic E-state index is 12.8. The second-order valence-corrected chi connectivity index (χ2v) is 18.1. The molecule has 0 heterocycles. The van der Waals surface area contributed by atoms with Gasteiger partial charge in [0.15, 0.2) is 6.10 Å². The minimum Gasteiger partial charge on any atom is -0.462 e. The molecule has 6 heteroatoms. The molecule has 0 aromatic rings. The van der Waals surface area contributed by atoms with Crippen LogP contribution in [-0.2, 0) is 28.6 Å². The zero-order valence-electron chi connectivity index (χ0n) is 43.2. The lowest BCUT2D eigenvalue weighted by atomic mass is 10.0. The molecule has 0 aromatic carbocycles. The maximum atomic E-state index is 12.8. The van der Waals surface area contributed by atoms with Crippen molar-refractivity contribution in [3.8, 4) is 0 Å². The fourth-order valence-corrected chi connectivity index (χ4v) is 7.50. The second-order valence-electron chi connectivity index (χ2n) is 18.1. The van der Waals surface area contributed by atoms with Gasteiger partial charge in [0, 0.05) is 19.3 Å². The molecule has 66 heavy (non-hydrogen) atoms. The highest BCUT2D eigenvalue weighted by Gasteiger charge is 2.19. The molecule has 0 bridgehead atoms. The van der Waals surface area contributed by atoms with Crippen LogP contribution in [0.2, 0.25) is 0 Å². The number of allylic oxidation sites excluding steroid dienone is 14. The maximum Gasteiger partial charge on any atom is 0.306 e. The Morgan fingerprint density at radius 3 is 0.955 bits per heavy atom. The van der Waals surface area contributed by atoms with Crippen LogP contribution in [0.4, 0.5) is 0 Å². The van der Waals surface area contributed by atoms with Gasteiger partial charge in [-0.1, -0.05) is 228 Å². The SMILES string of the molecule is CC/C=C\C/C=C\C/C=C\C/C=C\CCCCC(=O)O[C@H](COC(=O)CCCC/C=C\C/C=C\C/C=C\CCCCC)COC(=O)CCCCCCCCCCCCCCCCCCCC. The summed E-state index contributed by atoms with van der Waals surface area (Å²) in [5, 5.41) is 0. The largest absolute Gasteiger partial charge is 0.462 e. The van der Waals surface area contributed by atoms with Crippen LogP contribution >= 0.6 is 0 Å². The van der Waals surface area contributed by atoms with Crippen molar-refractivity contribution in [1.29, 1.82) is 0 Å². The van der Waals surface area contributed by atoms with Crippen molar-refractivity contribution in [3.05, 3.63) is 85.1 Å². The number of carbonyl (C=O) groups excluding carboxylic acids is 3. The molecule has 0 saturated heterocycles. The molecule has 0 N–H and O–H groups in total. The zero-order chi connectivity index (χ0) is 47.9. The van der Waals surface area contributed by atoms with E-state index in [1.165, 1.54) is 122 Å². The van der Waals surface area contributed by atoms with Gasteiger partial charge < -0.3 is 14.2 Å². The summed E-state index contributed by atoms with van der Waals surface area (Å²) >= 11 is 0. The third-order valence-electron chi connectivity index (χ3n) is 11.6. The monoisotopic (exact) mass is 919 g/mol. The molecule has 0 spiro atoms. The molecule has 0 aliphatic rings. The number of unbranched alkanes of at least 4 members (excludes halogenated alkanes) is 24. The van der Waals surface area contributed by atoms with Crippen molar-refractivity contribution in [1.82, 2.24) is 0 Å². The lowest BCUT2D eigenvalue weighted by molar-refractivity contribution is -0.167. The van der Waals surface area contributed by atoms with Gasteiger partial charge in [0.05, 0.1) is 0 Å². The third kappa shape index (κ3) is 51.6. The van der Waals surface area contributed by atoms with Crippen LogP contribution in [0.5, 0.6) is 0 Å². The Hall–Kier alpha value is -3.41. The fourth-order valence-electron chi connectivity index (χ4n) is 7.50. The van der Waals surface area contributed by atoms with E-state index in [-0.39, 0.29) is 37.5 Å². The highest BCUT2D eigenvalue weighted by atomic mass is 16.6. The number of ether oxygens (including phenoxy) is 3. The Morgan fingerprint density at radius 1 is 0.318 bits per heavy atom. The van der Waals surface area contributed by atoms with Crippen LogP contribution in [0.25, 0.3) is 0 Å². The molecule has 6 nitrogen and oxygen atoms in total. The second kappa shape index (κ2) is 54.2. The van der Waals surface area contributed by atoms with E-state index in [4.69, 9.17) is 14.2 Å². The highest BCUT2D eigenvalue weighted by molar-refractivity contribution is 5.71. The molecule has 0 radical (unpaired) electrons. The number of hydrogen-bond donors (Lipinski definition) is 0. The predicted molar refractivity (Wildman–Crippen MR) is 284 cm³/mol. The molecule has 0 amide bonds. The van der Waals surface area contributed by atoms with Crippen molar-refractivity contribution in [2.24, 2.45) is 0 Å². The third-order valence-corrected chi connectivity index (χ3v) is 11.6. The van der Waals surface area contributed by atoms with Crippen LogP contribution in [-0.4, -0.2) is 37.2 Å². The van der Waals surface area contributed by atoms with Gasteiger partial charge in [-0.2, -0.15) is 0 Å². The summed E-state index contributed by atoms with van der Waals surface area (Å²) in [4.78, 5) is 38.1. The molecule has 0 rings (SSSR count). The molecule has 0 aliphatic carbocycles. The highest BCUT2D eigenvalue weighted by Crippen LogP contribution is 2.15. The van der Waals surface area contributed by atoms with Crippen molar-refractivity contribution in [3.63, 3.8) is 0 Å². The van der Waals surface area contributed by atoms with E-state index in [1.807, 2.05) is 0 Å². The van der Waals surface area contributed by atoms with Gasteiger partial charge >= 0.3 is 17.9 Å². The Labute approximate surface area is 407 Å². The molecule has 1 atom stereocenters. The molecule has 378 valence electrons. The lowest BCUT2D eigenvalue weighted by Crippen LogP contribution is -2.30. The minimum absolute atomic E-state index is 0.104. The van der Waals surface area contributed by atoms with Crippen molar-refractivity contribution < 1.29 is 28.6 Å². The molecular weight excluding hydrogens is 817 g/mol. The smallest absolute Gasteiger partial charge is 0.306 e. The van der Waals surface area contributed by atoms with Gasteiger partial charge in [-0.3, -0.25) is 14.4 Å². The first-order valence-electron chi connectivity index (χ1n) is 27.6. The van der Waals surface area contributed by atoms with Gasteiger partial charge in [-0.05, 0) is 96.3 Å². The van der Waals surface area contributed by atoms with E-state index < -0.39 is 6.10 Å². The average molecular weight is 919 g/mol. The van der Waals surface area contributed by atoms with E-state index in [9.17, 15) is 14.4 Å². The van der Waals surface area contributed by atoms with Crippen LogP contribution in [0, 0.1) is 0 Å². The fraction of sp³-hybridized carbons (Fsp3) is 0.717. The predicted octanol–water partition coefficient (Wildman–Crippen LogP) is 18.4. The Balaban J connectivity index is 4.47. The van der Waals surface area contributed by atoms with Gasteiger partial charge in [-0.25, -0.2) is 0 Å². The average Bonchev–Trinajstić information content (AvgIpc) is 3.31. The van der Waals surface area contributed by atoms with Gasteiger partial charge in [0.2, 0.25) is 0 Å². The molecular formula is C60H102O6. The van der Waals surface area contributed by atoms with Gasteiger partial charge in [0.1, 0.15) is 13.2 Å². The summed E-state index contributed by atoms with van der Waals surface area (Å²) in [6.45, 7) is 6.44. The van der Waals surface area contributed by atoms with Crippen molar-refractivity contribution in [2.75, 3.05) is 13.2 Å². The molecule has 0 unspecified atom stereocenters. The summed E-state index contributed by atoms with van der Waals surface area (Å²) in [6.07, 6.45) is 70.1. The standard InChI is InChI=1S/C60H102O6/c1-4-7-10-13-16-19-22-25-28-29-30-33-35-38-41-44-47-50-53-59(62)65-56-57(66-60(63)54-51-48-45-42-39-36-32-27-24-21-18-15-12-9-6-3)55-64-58(61)52-49-46-43-40-37-34-31-26-23-20-17-14-11-8-5-2/h9,12,17-18,20-21,26-27,31-32,37,39-40,42,57H,4-8,10-11,13-16,19,22-25,28-30,33-36,38,41,43-56H2,1-3H3/b12-9-,20-17-,21-18-,31-26-,32-27-,40-37-,42-39-/t57-/m1/s1. The minimum atomic E-state index is -0.812. The van der Waals surface area contributed by atoms with Crippen LogP contribution in [0.15, 0.2) is 85.1 Å². The zero-order valence-corrected chi connectivity index (χ0v) is 43.2. The lowest BCUT2D eigenvalue weighted by Gasteiger charge is -2.18. The molecule has 0 aromatic heterocycles. The van der Waals surface area contributed by atoms with E-state index in [0.29, 0.717) is 19.3 Å². The van der Waals surface area contributed by atoms with Gasteiger partial charge in [-0.15, -0.1) is 0 Å².